The predicted octanol–water partition coefficient (Wildman–Crippen LogP) is 2.21. The average molecular weight is 445 g/mol. The van der Waals surface area contributed by atoms with Crippen LogP contribution >= 0.6 is 0 Å². The second kappa shape index (κ2) is 8.92. The number of pyridine rings is 2. The molecule has 1 fully saturated rings. The van der Waals surface area contributed by atoms with E-state index in [0.29, 0.717) is 25.2 Å². The van der Waals surface area contributed by atoms with Gasteiger partial charge < -0.3 is 15.0 Å². The number of nitrogens with zero attached hydrogens (tertiary/aromatic N) is 3. The van der Waals surface area contributed by atoms with Crippen molar-refractivity contribution in [2.45, 2.75) is 32.1 Å². The lowest BCUT2D eigenvalue weighted by Gasteiger charge is -2.38. The summed E-state index contributed by atoms with van der Waals surface area (Å²) in [6.45, 7) is 3.34. The lowest BCUT2D eigenvalue weighted by molar-refractivity contribution is -0.127. The number of amides is 1. The maximum absolute atomic E-state index is 13.6. The van der Waals surface area contributed by atoms with Crippen molar-refractivity contribution in [1.82, 2.24) is 19.8 Å². The van der Waals surface area contributed by atoms with Crippen LogP contribution in [0.1, 0.15) is 24.2 Å². The van der Waals surface area contributed by atoms with Gasteiger partial charge in [-0.05, 0) is 36.2 Å². The van der Waals surface area contributed by atoms with Crippen molar-refractivity contribution in [1.29, 1.82) is 0 Å². The molecule has 3 aromatic rings. The zero-order chi connectivity index (χ0) is 22.9. The van der Waals surface area contributed by atoms with Crippen LogP contribution in [0.15, 0.2) is 71.8 Å². The number of carbonyl (C=O) groups excluding carboxylic acids is 1. The van der Waals surface area contributed by atoms with Crippen LogP contribution in [0.3, 0.4) is 0 Å². The van der Waals surface area contributed by atoms with Gasteiger partial charge in [-0.15, -0.1) is 0 Å². The van der Waals surface area contributed by atoms with Gasteiger partial charge in [-0.1, -0.05) is 36.4 Å². The van der Waals surface area contributed by atoms with Crippen LogP contribution in [0.4, 0.5) is 0 Å². The van der Waals surface area contributed by atoms with Gasteiger partial charge >= 0.3 is 0 Å². The molecule has 5 rings (SSSR count). The number of rotatable bonds is 6. The van der Waals surface area contributed by atoms with Crippen molar-refractivity contribution in [3.63, 3.8) is 0 Å². The highest BCUT2D eigenvalue weighted by Crippen LogP contribution is 2.49. The van der Waals surface area contributed by atoms with Gasteiger partial charge in [-0.3, -0.25) is 19.5 Å². The maximum atomic E-state index is 13.6. The molecule has 33 heavy (non-hydrogen) atoms. The van der Waals surface area contributed by atoms with E-state index in [1.165, 1.54) is 0 Å². The Balaban J connectivity index is 1.63. The Morgan fingerprint density at radius 2 is 1.97 bits per heavy atom. The molecule has 0 saturated carbocycles. The van der Waals surface area contributed by atoms with Crippen molar-refractivity contribution >= 4 is 5.91 Å². The number of aromatic nitrogens is 2. The van der Waals surface area contributed by atoms with E-state index >= 15 is 0 Å². The molecule has 0 radical (unpaired) electrons. The van der Waals surface area contributed by atoms with Crippen LogP contribution < -0.4 is 10.9 Å². The second-order valence-electron chi connectivity index (χ2n) is 8.77. The van der Waals surface area contributed by atoms with Crippen LogP contribution in [0.2, 0.25) is 0 Å². The van der Waals surface area contributed by atoms with E-state index in [0.717, 1.165) is 16.8 Å². The molecule has 2 bridgehead atoms. The fourth-order valence-corrected chi connectivity index (χ4v) is 5.57. The summed E-state index contributed by atoms with van der Waals surface area (Å²) in [5, 5.41) is 13.3. The first kappa shape index (κ1) is 21.6. The van der Waals surface area contributed by atoms with Gasteiger partial charge in [0.1, 0.15) is 0 Å². The first-order valence-electron chi connectivity index (χ1n) is 11.5. The molecular formula is C26H28N4O3. The third-order valence-corrected chi connectivity index (χ3v) is 7.00. The van der Waals surface area contributed by atoms with Crippen LogP contribution in [0.25, 0.3) is 11.1 Å². The number of aliphatic hydroxyl groups excluding tert-OH is 1. The molecule has 4 heterocycles. The predicted molar refractivity (Wildman–Crippen MR) is 125 cm³/mol. The van der Waals surface area contributed by atoms with E-state index in [1.54, 1.807) is 6.20 Å². The molecule has 0 unspecified atom stereocenters. The van der Waals surface area contributed by atoms with E-state index in [1.807, 2.05) is 72.3 Å². The van der Waals surface area contributed by atoms with Crippen molar-refractivity contribution in [2.24, 2.45) is 11.8 Å². The minimum Gasteiger partial charge on any atom is -0.396 e. The van der Waals surface area contributed by atoms with Gasteiger partial charge in [0.25, 0.3) is 5.56 Å². The highest BCUT2D eigenvalue weighted by atomic mass is 16.3. The van der Waals surface area contributed by atoms with Crippen molar-refractivity contribution in [2.75, 3.05) is 13.2 Å². The molecule has 1 aromatic carbocycles. The van der Waals surface area contributed by atoms with Gasteiger partial charge in [0.15, 0.2) is 0 Å². The van der Waals surface area contributed by atoms with Crippen molar-refractivity contribution in [3.05, 3.63) is 88.6 Å². The maximum Gasteiger partial charge on any atom is 0.258 e. The number of carbonyl (C=O) groups is 1. The number of hydrogen-bond acceptors (Lipinski definition) is 5. The van der Waals surface area contributed by atoms with Crippen LogP contribution in [0, 0.1) is 11.8 Å². The van der Waals surface area contributed by atoms with Crippen LogP contribution in [-0.4, -0.2) is 44.7 Å². The number of nitrogens with one attached hydrogen (secondary N) is 1. The van der Waals surface area contributed by atoms with Crippen LogP contribution in [-0.2, 0) is 17.9 Å². The van der Waals surface area contributed by atoms with Crippen molar-refractivity contribution < 1.29 is 9.90 Å². The van der Waals surface area contributed by atoms with E-state index in [4.69, 9.17) is 0 Å². The van der Waals surface area contributed by atoms with Gasteiger partial charge in [-0.2, -0.15) is 0 Å². The minimum atomic E-state index is -0.438. The molecule has 2 aromatic heterocycles. The molecule has 2 aliphatic rings. The van der Waals surface area contributed by atoms with Gasteiger partial charge in [0.05, 0.1) is 12.0 Å². The first-order chi connectivity index (χ1) is 16.1. The number of fused-ring (bicyclic) bond motifs is 4. The lowest BCUT2D eigenvalue weighted by atomic mass is 9.86. The molecule has 4 atom stereocenters. The van der Waals surface area contributed by atoms with Gasteiger partial charge in [0.2, 0.25) is 5.91 Å². The largest absolute Gasteiger partial charge is 0.396 e. The summed E-state index contributed by atoms with van der Waals surface area (Å²) in [4.78, 5) is 33.3. The molecular weight excluding hydrogens is 416 g/mol. The summed E-state index contributed by atoms with van der Waals surface area (Å²) in [6.07, 6.45) is 3.57. The van der Waals surface area contributed by atoms with Gasteiger partial charge in [0, 0.05) is 61.9 Å². The number of hydrogen-bond donors (Lipinski definition) is 2. The first-order valence-corrected chi connectivity index (χ1v) is 11.5. The lowest BCUT2D eigenvalue weighted by Crippen LogP contribution is -2.46. The molecule has 0 aliphatic carbocycles. The quantitative estimate of drug-likeness (QED) is 0.609. The normalized spacial score (nSPS) is 23.8. The van der Waals surface area contributed by atoms with E-state index < -0.39 is 5.92 Å². The molecule has 7 heteroatoms. The second-order valence-corrected chi connectivity index (χ2v) is 8.77. The number of aliphatic hydroxyl groups is 1. The Hall–Kier alpha value is -3.29. The highest BCUT2D eigenvalue weighted by molar-refractivity contribution is 5.80. The van der Waals surface area contributed by atoms with E-state index in [9.17, 15) is 14.7 Å². The topological polar surface area (TPSA) is 87.5 Å². The fourth-order valence-electron chi connectivity index (χ4n) is 5.57. The van der Waals surface area contributed by atoms with E-state index in [-0.39, 0.29) is 36.1 Å². The molecule has 2 aliphatic heterocycles. The zero-order valence-corrected chi connectivity index (χ0v) is 18.6. The SMILES string of the molecule is CCNC(=O)[C@H]1[C@H](CO)[C@H]2Cn3c(ccc(-c4ccccc4)c3=O)[C@@H]1N2Cc1cccnc1. The molecule has 0 spiro atoms. The summed E-state index contributed by atoms with van der Waals surface area (Å²) in [5.74, 6) is -0.779. The molecule has 1 amide bonds. The smallest absolute Gasteiger partial charge is 0.258 e. The summed E-state index contributed by atoms with van der Waals surface area (Å²) >= 11 is 0. The molecule has 1 saturated heterocycles. The Bertz CT molecular complexity index is 1200. The third-order valence-electron chi connectivity index (χ3n) is 7.00. The van der Waals surface area contributed by atoms with Crippen LogP contribution in [0.5, 0.6) is 0 Å². The molecule has 2 N–H and O–H groups in total. The Morgan fingerprint density at radius 1 is 1.15 bits per heavy atom. The third kappa shape index (κ3) is 3.67. The summed E-state index contributed by atoms with van der Waals surface area (Å²) in [6, 6.07) is 17.0. The average Bonchev–Trinajstić information content (AvgIpc) is 3.05. The summed E-state index contributed by atoms with van der Waals surface area (Å²) in [7, 11) is 0. The van der Waals surface area contributed by atoms with Crippen molar-refractivity contribution in [3.8, 4) is 11.1 Å². The Kier molecular flexibility index (Phi) is 5.83. The minimum absolute atomic E-state index is 0.0528. The molecule has 7 nitrogen and oxygen atoms in total. The monoisotopic (exact) mass is 444 g/mol. The standard InChI is InChI=1S/C26H28N4O3/c1-2-28-25(32)23-20(16-31)22-15-30-21(24(23)29(22)14-17-7-6-12-27-13-17)11-10-19(26(30)33)18-8-4-3-5-9-18/h3-13,20,22-24,31H,2,14-16H2,1H3,(H,28,32)/t20-,22-,23+,24+/m1/s1. The zero-order valence-electron chi connectivity index (χ0n) is 18.6. The highest BCUT2D eigenvalue weighted by Gasteiger charge is 2.55. The molecule has 170 valence electrons. The Labute approximate surface area is 192 Å². The Morgan fingerprint density at radius 3 is 2.67 bits per heavy atom. The van der Waals surface area contributed by atoms with E-state index in [2.05, 4.69) is 15.2 Å². The fraction of sp³-hybridized carbons (Fsp3) is 0.346. The van der Waals surface area contributed by atoms with Gasteiger partial charge in [-0.25, -0.2) is 0 Å². The number of benzene rings is 1. The summed E-state index contributed by atoms with van der Waals surface area (Å²) < 4.78 is 1.82. The summed E-state index contributed by atoms with van der Waals surface area (Å²) in [5.41, 5.74) is 3.34.